The van der Waals surface area contributed by atoms with Gasteiger partial charge in [0.15, 0.2) is 5.79 Å². The van der Waals surface area contributed by atoms with E-state index in [0.717, 1.165) is 64.2 Å². The smallest absolute Gasteiger partial charge is 0.373 e. The third-order valence-electron chi connectivity index (χ3n) is 11.1. The molecule has 14 nitrogen and oxygen atoms in total. The summed E-state index contributed by atoms with van der Waals surface area (Å²) in [5.41, 5.74) is 4.22. The van der Waals surface area contributed by atoms with Gasteiger partial charge in [0, 0.05) is 12.8 Å². The number of fused-ring (bicyclic) bond motifs is 4. The average molecular weight is 829 g/mol. The number of hydrogen-bond acceptors (Lipinski definition) is 14. The Morgan fingerprint density at radius 1 is 0.607 bits per heavy atom. The highest BCUT2D eigenvalue weighted by Gasteiger charge is 2.60. The number of rotatable bonds is 8. The lowest BCUT2D eigenvalue weighted by Crippen LogP contribution is -2.63. The molecule has 1 aliphatic carbocycles. The standard InChI is InChI=1S/C22H38O5Si.C16H30O5Si.2CO2/c1-5-15-9-10-17-19(24-15)21-20(26-22(27-21)12-7-6-8-13-22)18(25-17)16(23)11-14-28(2,3)4;1-5-10-6-7-12-16(20-10)14(19)13(18)15(21-12)11(17)8-9-22(2,3)4;2*2-1-3/h11,14-21,23H,5-10,12-13H2,1-4H3;8-19H,5-7H2,1-4H3;;/b14-11+;9-8+;;/t15-,16?,17-,18-,19-,20?,21-;10-,11-,12-,13?,14+,15-,16-;;/m00../s1. The van der Waals surface area contributed by atoms with Gasteiger partial charge in [0.05, 0.1) is 40.6 Å². The van der Waals surface area contributed by atoms with Gasteiger partial charge in [-0.2, -0.15) is 19.2 Å². The van der Waals surface area contributed by atoms with Crippen LogP contribution in [0.4, 0.5) is 0 Å². The van der Waals surface area contributed by atoms with Gasteiger partial charge in [-0.1, -0.05) is 83.1 Å². The predicted octanol–water partition coefficient (Wildman–Crippen LogP) is 4.01. The van der Waals surface area contributed by atoms with Crippen molar-refractivity contribution >= 4 is 28.5 Å². The molecule has 5 heterocycles. The molecule has 56 heavy (non-hydrogen) atoms. The summed E-state index contributed by atoms with van der Waals surface area (Å²) in [4.78, 5) is 32.5. The van der Waals surface area contributed by atoms with Crippen LogP contribution in [-0.4, -0.2) is 140 Å². The minimum absolute atomic E-state index is 0.0219. The van der Waals surface area contributed by atoms with Gasteiger partial charge in [0.1, 0.15) is 61.0 Å². The van der Waals surface area contributed by atoms with Crippen molar-refractivity contribution < 1.29 is 68.0 Å². The molecule has 0 aromatic heterocycles. The van der Waals surface area contributed by atoms with Crippen molar-refractivity contribution in [2.75, 3.05) is 0 Å². The normalized spacial score (nSPS) is 37.4. The molecule has 0 aromatic carbocycles. The second kappa shape index (κ2) is 22.0. The molecule has 1 saturated carbocycles. The Morgan fingerprint density at radius 3 is 1.52 bits per heavy atom. The molecule has 14 atom stereocenters. The Morgan fingerprint density at radius 2 is 1.04 bits per heavy atom. The molecule has 0 radical (unpaired) electrons. The molecule has 5 saturated heterocycles. The summed E-state index contributed by atoms with van der Waals surface area (Å²) in [7, 11) is -2.83. The van der Waals surface area contributed by atoms with Crippen LogP contribution in [0, 0.1) is 0 Å². The summed E-state index contributed by atoms with van der Waals surface area (Å²) in [6, 6.07) is 0. The third-order valence-corrected chi connectivity index (χ3v) is 13.5. The number of carbonyl (C=O) groups excluding carboxylic acids is 4. The summed E-state index contributed by atoms with van der Waals surface area (Å²) >= 11 is 0. The second-order valence-electron chi connectivity index (χ2n) is 17.9. The zero-order valence-electron chi connectivity index (χ0n) is 34.5. The molecule has 6 rings (SSSR count). The maximum Gasteiger partial charge on any atom is 0.373 e. The maximum atomic E-state index is 11.0. The van der Waals surface area contributed by atoms with Crippen LogP contribution in [-0.2, 0) is 47.6 Å². The van der Waals surface area contributed by atoms with Crippen LogP contribution in [0.2, 0.25) is 39.3 Å². The zero-order chi connectivity index (χ0) is 41.8. The maximum absolute atomic E-state index is 11.0. The summed E-state index contributed by atoms with van der Waals surface area (Å²) in [6.07, 6.45) is 9.20. The minimum Gasteiger partial charge on any atom is -0.387 e. The lowest BCUT2D eigenvalue weighted by atomic mass is 9.87. The molecule has 3 unspecified atom stereocenters. The molecular formula is C40H68O14Si2. The first-order valence-corrected chi connectivity index (χ1v) is 27.6. The largest absolute Gasteiger partial charge is 0.387 e. The van der Waals surface area contributed by atoms with Gasteiger partial charge in [-0.05, 0) is 51.4 Å². The van der Waals surface area contributed by atoms with E-state index >= 15 is 0 Å². The van der Waals surface area contributed by atoms with Crippen LogP contribution < -0.4 is 0 Å². The first-order valence-electron chi connectivity index (χ1n) is 20.4. The van der Waals surface area contributed by atoms with Crippen molar-refractivity contribution in [2.24, 2.45) is 0 Å². The molecule has 5 aliphatic heterocycles. The van der Waals surface area contributed by atoms with Crippen molar-refractivity contribution in [3.63, 3.8) is 0 Å². The van der Waals surface area contributed by atoms with E-state index in [9.17, 15) is 20.4 Å². The van der Waals surface area contributed by atoms with Crippen molar-refractivity contribution in [2.45, 2.75) is 215 Å². The summed E-state index contributed by atoms with van der Waals surface area (Å²) in [5.74, 6) is -0.505. The molecule has 1 spiro atoms. The first kappa shape index (κ1) is 48.6. The van der Waals surface area contributed by atoms with Crippen LogP contribution in [0.25, 0.3) is 0 Å². The molecule has 0 bridgehead atoms. The SMILES string of the molecule is CC[C@H]1CC[C@@H]2O[C@@H](C(O)/C=C/[Si](C)(C)C)C3OC4(CCCCC4)O[C@H]3[C@H]2O1.CC[C@H]1CC[C@@H]2O[C@@H]([C@@H](O)/C=C/[Si](C)(C)C)C(O)[C@@H](O)[C@H]2O1.O=C=O.O=C=O. The highest BCUT2D eigenvalue weighted by molar-refractivity contribution is 6.81. The van der Waals surface area contributed by atoms with Crippen LogP contribution in [0.5, 0.6) is 0 Å². The van der Waals surface area contributed by atoms with Crippen LogP contribution >= 0.6 is 0 Å². The average Bonchev–Trinajstić information content (AvgIpc) is 3.52. The van der Waals surface area contributed by atoms with E-state index in [4.69, 9.17) is 47.6 Å². The van der Waals surface area contributed by atoms with E-state index in [2.05, 4.69) is 51.9 Å². The van der Waals surface area contributed by atoms with E-state index < -0.39 is 58.6 Å². The molecule has 320 valence electrons. The third kappa shape index (κ3) is 13.7. The van der Waals surface area contributed by atoms with E-state index in [1.807, 2.05) is 18.7 Å². The Balaban J connectivity index is 0.000000270. The van der Waals surface area contributed by atoms with E-state index in [1.54, 1.807) is 6.08 Å². The van der Waals surface area contributed by atoms with Crippen molar-refractivity contribution in [1.82, 2.24) is 0 Å². The van der Waals surface area contributed by atoms with Crippen LogP contribution in [0.3, 0.4) is 0 Å². The van der Waals surface area contributed by atoms with Crippen molar-refractivity contribution in [3.8, 4) is 0 Å². The quantitative estimate of drug-likeness (QED) is 0.256. The van der Waals surface area contributed by atoms with Crippen LogP contribution in [0.15, 0.2) is 23.6 Å². The number of aliphatic hydroxyl groups is 4. The molecule has 6 aliphatic rings. The van der Waals surface area contributed by atoms with E-state index in [1.165, 1.54) is 6.42 Å². The van der Waals surface area contributed by atoms with Gasteiger partial charge in [-0.25, -0.2) is 0 Å². The predicted molar refractivity (Wildman–Crippen MR) is 208 cm³/mol. The zero-order valence-corrected chi connectivity index (χ0v) is 36.5. The fourth-order valence-electron chi connectivity index (χ4n) is 8.26. The summed E-state index contributed by atoms with van der Waals surface area (Å²) < 4.78 is 37.8. The van der Waals surface area contributed by atoms with Gasteiger partial charge in [-0.3, -0.25) is 0 Å². The van der Waals surface area contributed by atoms with Crippen LogP contribution in [0.1, 0.15) is 84.5 Å². The van der Waals surface area contributed by atoms with E-state index in [-0.39, 0.29) is 61.1 Å². The summed E-state index contributed by atoms with van der Waals surface area (Å²) in [6.45, 7) is 17.5. The molecule has 6 fully saturated rings. The number of ether oxygens (including phenoxy) is 6. The Kier molecular flexibility index (Phi) is 19.1. The fraction of sp³-hybridized carbons (Fsp3) is 0.850. The first-order chi connectivity index (χ1) is 26.4. The molecule has 0 aromatic rings. The van der Waals surface area contributed by atoms with Gasteiger partial charge < -0.3 is 48.8 Å². The lowest BCUT2D eigenvalue weighted by molar-refractivity contribution is -0.274. The Bertz CT molecular complexity index is 1300. The highest BCUT2D eigenvalue weighted by atomic mass is 28.3. The molecule has 0 amide bonds. The van der Waals surface area contributed by atoms with Gasteiger partial charge in [0.2, 0.25) is 0 Å². The monoisotopic (exact) mass is 828 g/mol. The topological polar surface area (TPSA) is 205 Å². The fourth-order valence-corrected chi connectivity index (χ4v) is 9.81. The van der Waals surface area contributed by atoms with Crippen molar-refractivity contribution in [1.29, 1.82) is 0 Å². The number of hydrogen-bond donors (Lipinski definition) is 4. The van der Waals surface area contributed by atoms with E-state index in [0.29, 0.717) is 0 Å². The molecule has 16 heteroatoms. The molecule has 4 N–H and O–H groups in total. The Hall–Kier alpha value is -1.73. The van der Waals surface area contributed by atoms with Crippen molar-refractivity contribution in [3.05, 3.63) is 23.6 Å². The lowest BCUT2D eigenvalue weighted by Gasteiger charge is -2.47. The second-order valence-corrected chi connectivity index (χ2v) is 28.0. The van der Waals surface area contributed by atoms with Gasteiger partial charge in [-0.15, -0.1) is 0 Å². The number of aliphatic hydroxyl groups excluding tert-OH is 4. The molecular weight excluding hydrogens is 761 g/mol. The summed E-state index contributed by atoms with van der Waals surface area (Å²) in [5, 5.41) is 42.0. The Labute approximate surface area is 334 Å². The highest BCUT2D eigenvalue weighted by Crippen LogP contribution is 2.48. The minimum atomic E-state index is -1.44. The van der Waals surface area contributed by atoms with Gasteiger partial charge >= 0.3 is 12.3 Å². The van der Waals surface area contributed by atoms with Gasteiger partial charge in [0.25, 0.3) is 0 Å².